The summed E-state index contributed by atoms with van der Waals surface area (Å²) in [6, 6.07) is 0. The van der Waals surface area contributed by atoms with E-state index in [1.165, 1.54) is 0 Å². The number of hydrogen-bond donors (Lipinski definition) is 3. The Bertz CT molecular complexity index is 335. The summed E-state index contributed by atoms with van der Waals surface area (Å²) >= 11 is -2.96. The van der Waals surface area contributed by atoms with Crippen LogP contribution in [0.2, 0.25) is 11.5 Å². The summed E-state index contributed by atoms with van der Waals surface area (Å²) in [5, 5.41) is 25.6. The van der Waals surface area contributed by atoms with Crippen molar-refractivity contribution in [3.05, 3.63) is 22.6 Å². The van der Waals surface area contributed by atoms with Crippen LogP contribution in [0.5, 0.6) is 0 Å². The van der Waals surface area contributed by atoms with Gasteiger partial charge in [-0.25, -0.2) is 0 Å². The molecule has 0 atom stereocenters. The Morgan fingerprint density at radius 2 is 1.08 bits per heavy atom. The number of allylic oxidation sites excluding steroid dienone is 4. The van der Waals surface area contributed by atoms with Crippen LogP contribution < -0.4 is 0 Å². The first-order chi connectivity index (χ1) is 10.1. The predicted octanol–water partition coefficient (Wildman–Crippen LogP) is 4.72. The van der Waals surface area contributed by atoms with Gasteiger partial charge in [0, 0.05) is 26.2 Å². The van der Waals surface area contributed by atoms with Crippen molar-refractivity contribution in [1.29, 1.82) is 0 Å². The molecule has 0 bridgehead atoms. The van der Waals surface area contributed by atoms with Crippen LogP contribution in [0.1, 0.15) is 68.7 Å². The van der Waals surface area contributed by atoms with Crippen LogP contribution in [-0.4, -0.2) is 45.9 Å². The van der Waals surface area contributed by atoms with Crippen molar-refractivity contribution >= 4 is 13.7 Å². The topological polar surface area (TPSA) is 60.7 Å². The smallest absolute Gasteiger partial charge is 0 e. The minimum Gasteiger partial charge on any atom is 0 e. The molecule has 0 aliphatic heterocycles. The molecule has 0 aromatic carbocycles. The monoisotopic (exact) mass is 499 g/mol. The maximum atomic E-state index is 13.1. The summed E-state index contributed by atoms with van der Waals surface area (Å²) in [6.45, 7) is 15.7. The molecule has 0 amide bonds. The van der Waals surface area contributed by atoms with Gasteiger partial charge in [0.05, 0.1) is 16.8 Å². The molecule has 0 aromatic rings. The molecule has 0 saturated carbocycles. The first-order valence-electron chi connectivity index (χ1n) is 8.24. The fraction of sp³-hybridized carbons (Fsp3) is 0.789. The molecular weight excluding hydrogens is 459 g/mol. The van der Waals surface area contributed by atoms with Crippen LogP contribution in [0.15, 0.2) is 16.6 Å². The van der Waals surface area contributed by atoms with Gasteiger partial charge >= 0.3 is 57.8 Å². The Kier molecular flexibility index (Phi) is 18.4. The first-order valence-corrected chi connectivity index (χ1v) is 14.3. The number of hydrogen-bond acceptors (Lipinski definition) is 3. The summed E-state index contributed by atoms with van der Waals surface area (Å²) in [4.78, 5) is 0. The Labute approximate surface area is 177 Å². The van der Waals surface area contributed by atoms with Crippen LogP contribution in [0.4, 0.5) is 3.50 Å². The molecule has 0 heterocycles. The van der Waals surface area contributed by atoms with E-state index in [2.05, 4.69) is 6.08 Å². The molecule has 1 rings (SSSR count). The molecule has 1 aliphatic carbocycles. The molecule has 0 fully saturated rings. The van der Waals surface area contributed by atoms with Gasteiger partial charge in [-0.1, -0.05) is 0 Å². The van der Waals surface area contributed by atoms with Crippen molar-refractivity contribution in [2.24, 2.45) is 0 Å². The zero-order chi connectivity index (χ0) is 20.4. The average molecular weight is 499 g/mol. The zero-order valence-electron chi connectivity index (χ0n) is 18.1. The van der Waals surface area contributed by atoms with E-state index in [4.69, 9.17) is 15.3 Å². The second-order valence-corrected chi connectivity index (χ2v) is 16.5. The van der Waals surface area contributed by atoms with Crippen LogP contribution in [0, 0.1) is 6.08 Å². The molecule has 0 radical (unpaired) electrons. The van der Waals surface area contributed by atoms with Crippen LogP contribution >= 0.6 is 0 Å². The number of rotatable bonds is 1. The summed E-state index contributed by atoms with van der Waals surface area (Å²) in [5.74, 6) is 3.47. The maximum Gasteiger partial charge on any atom is 0 e. The summed E-state index contributed by atoms with van der Waals surface area (Å²) in [5.41, 5.74) is -1.50. The van der Waals surface area contributed by atoms with Crippen LogP contribution in [0.25, 0.3) is 0 Å². The second-order valence-electron chi connectivity index (χ2n) is 9.18. The molecule has 1 aliphatic rings. The van der Waals surface area contributed by atoms with E-state index in [-0.39, 0.29) is 26.2 Å². The summed E-state index contributed by atoms with van der Waals surface area (Å²) in [6.07, 6.45) is 7.66. The van der Waals surface area contributed by atoms with Gasteiger partial charge in [-0.3, -0.25) is 0 Å². The van der Waals surface area contributed by atoms with E-state index in [0.29, 0.717) is 0 Å². The third-order valence-corrected chi connectivity index (χ3v) is 4.74. The Morgan fingerprint density at radius 3 is 1.16 bits per heavy atom. The molecule has 0 unspecified atom stereocenters. The molecule has 3 N–H and O–H groups in total. The van der Waals surface area contributed by atoms with Gasteiger partial charge in [0.25, 0.3) is 0 Å². The maximum absolute atomic E-state index is 13.1. The van der Waals surface area contributed by atoms with E-state index in [1.807, 2.05) is 12.2 Å². The fourth-order valence-corrected chi connectivity index (χ4v) is 2.99. The summed E-state index contributed by atoms with van der Waals surface area (Å²) in [7, 11) is 0. The fourth-order valence-electron chi connectivity index (χ4n) is 0.813. The quantitative estimate of drug-likeness (QED) is 0.362. The Balaban J connectivity index is -0.000000122. The minimum absolute atomic E-state index is 0. The SMILES string of the molecule is CC(C)(C)O.CC(C)(C)O.CC(C)(C)O.[CH3][Ge]([CH3])([F])[C]1=[C-]CC=C1.[Zr]. The van der Waals surface area contributed by atoms with Gasteiger partial charge in [-0.2, -0.15) is 0 Å². The van der Waals surface area contributed by atoms with Gasteiger partial charge in [0.15, 0.2) is 0 Å². The number of aliphatic hydroxyl groups is 3. The molecule has 0 aromatic heterocycles. The standard InChI is InChI=1S/C7H10FGe.3C4H10O.Zr/c1-9(2,8)7-5-3-4-6-7;3*1-4(2,3)5;/h3,5H,4H2,1-2H3;3*5H,1-3H3;/q-1;;;;. The van der Waals surface area contributed by atoms with Gasteiger partial charge < -0.3 is 15.3 Å². The van der Waals surface area contributed by atoms with E-state index < -0.39 is 30.5 Å². The van der Waals surface area contributed by atoms with Crippen LogP contribution in [-0.2, 0) is 26.2 Å². The molecule has 6 heteroatoms. The van der Waals surface area contributed by atoms with Gasteiger partial charge in [-0.05, 0) is 62.3 Å². The first kappa shape index (κ1) is 33.3. The largest absolute Gasteiger partial charge is 0 e. The van der Waals surface area contributed by atoms with Crippen molar-refractivity contribution in [1.82, 2.24) is 0 Å². The zero-order valence-corrected chi connectivity index (χ0v) is 22.6. The molecule has 150 valence electrons. The van der Waals surface area contributed by atoms with E-state index in [1.54, 1.807) is 73.8 Å². The molecular formula is C19H40FGeO3Zr-. The number of halogens is 1. The normalized spacial score (nSPS) is 13.8. The molecule has 0 spiro atoms. The van der Waals surface area contributed by atoms with Crippen molar-refractivity contribution < 1.29 is 45.0 Å². The predicted molar refractivity (Wildman–Crippen MR) is 105 cm³/mol. The Hall–Kier alpha value is 0.716. The van der Waals surface area contributed by atoms with Crippen molar-refractivity contribution in [3.63, 3.8) is 0 Å². The van der Waals surface area contributed by atoms with E-state index in [9.17, 15) is 3.50 Å². The van der Waals surface area contributed by atoms with Crippen molar-refractivity contribution in [3.8, 4) is 0 Å². The van der Waals surface area contributed by atoms with E-state index >= 15 is 0 Å². The van der Waals surface area contributed by atoms with Crippen molar-refractivity contribution in [2.75, 3.05) is 0 Å². The Morgan fingerprint density at radius 1 is 0.840 bits per heavy atom. The summed E-state index contributed by atoms with van der Waals surface area (Å²) < 4.78 is 14.0. The molecule has 3 nitrogen and oxygen atoms in total. The van der Waals surface area contributed by atoms with Gasteiger partial charge in [-0.15, -0.1) is 0 Å². The van der Waals surface area contributed by atoms with Gasteiger partial charge in [0.2, 0.25) is 0 Å². The van der Waals surface area contributed by atoms with E-state index in [0.717, 1.165) is 10.8 Å². The molecule has 25 heavy (non-hydrogen) atoms. The second kappa shape index (κ2) is 13.8. The third kappa shape index (κ3) is 67.8. The average Bonchev–Trinajstić information content (AvgIpc) is 2.58. The minimum atomic E-state index is -2.96. The van der Waals surface area contributed by atoms with Crippen LogP contribution in [0.3, 0.4) is 0 Å². The third-order valence-electron chi connectivity index (χ3n) is 1.34. The van der Waals surface area contributed by atoms with Crippen molar-refractivity contribution in [2.45, 2.75) is 97.1 Å². The molecule has 0 saturated heterocycles. The van der Waals surface area contributed by atoms with Gasteiger partial charge in [0.1, 0.15) is 0 Å².